The van der Waals surface area contributed by atoms with Crippen LogP contribution in [0.3, 0.4) is 0 Å². The molecule has 0 saturated heterocycles. The lowest BCUT2D eigenvalue weighted by Crippen LogP contribution is -2.26. The van der Waals surface area contributed by atoms with Crippen LogP contribution in [0.25, 0.3) is 0 Å². The molecule has 2 rings (SSSR count). The largest absolute Gasteiger partial charge is 0.285 e. The number of hydrogen-bond acceptors (Lipinski definition) is 4. The molecule has 1 N–H and O–H groups in total. The molecule has 7 heteroatoms. The fourth-order valence-electron chi connectivity index (χ4n) is 1.81. The Balaban J connectivity index is 2.30. The summed E-state index contributed by atoms with van der Waals surface area (Å²) in [5.41, 5.74) is 1.90. The molecule has 20 heavy (non-hydrogen) atoms. The van der Waals surface area contributed by atoms with E-state index in [0.29, 0.717) is 11.1 Å². The summed E-state index contributed by atoms with van der Waals surface area (Å²) in [6.07, 6.45) is 3.23. The maximum atomic E-state index is 12.4. The Labute approximate surface area is 117 Å². The molecule has 2 aromatic rings. The number of nitrogens with one attached hydrogen (secondary N) is 1. The summed E-state index contributed by atoms with van der Waals surface area (Å²) in [6.45, 7) is 1.95. The number of benzene rings is 1. The average Bonchev–Trinajstić information content (AvgIpc) is 2.91. The predicted molar refractivity (Wildman–Crippen MR) is 73.1 cm³/mol. The van der Waals surface area contributed by atoms with Gasteiger partial charge in [-0.3, -0.25) is 5.10 Å². The monoisotopic (exact) mass is 290 g/mol. The van der Waals surface area contributed by atoms with Gasteiger partial charge in [0.15, 0.2) is 0 Å². The van der Waals surface area contributed by atoms with Crippen molar-refractivity contribution in [2.45, 2.75) is 18.4 Å². The molecule has 0 atom stereocenters. The summed E-state index contributed by atoms with van der Waals surface area (Å²) in [4.78, 5) is 0.181. The maximum Gasteiger partial charge on any atom is 0.243 e. The molecule has 1 aromatic carbocycles. The second-order valence-corrected chi connectivity index (χ2v) is 6.50. The number of aromatic amines is 1. The zero-order chi connectivity index (χ0) is 14.8. The first-order chi connectivity index (χ1) is 9.45. The number of hydrogen-bond donors (Lipinski definition) is 1. The van der Waals surface area contributed by atoms with E-state index in [1.165, 1.54) is 29.6 Å². The number of sulfonamides is 1. The van der Waals surface area contributed by atoms with Crippen LogP contribution in [0.15, 0.2) is 35.5 Å². The van der Waals surface area contributed by atoms with Crippen molar-refractivity contribution < 1.29 is 8.42 Å². The van der Waals surface area contributed by atoms with Crippen LogP contribution in [0.2, 0.25) is 0 Å². The minimum Gasteiger partial charge on any atom is -0.285 e. The highest BCUT2D eigenvalue weighted by molar-refractivity contribution is 7.89. The normalized spacial score (nSPS) is 11.5. The lowest BCUT2D eigenvalue weighted by Gasteiger charge is -2.16. The zero-order valence-electron chi connectivity index (χ0n) is 11.2. The van der Waals surface area contributed by atoms with E-state index in [9.17, 15) is 8.42 Å². The molecule has 0 amide bonds. The third kappa shape index (κ3) is 2.71. The summed E-state index contributed by atoms with van der Waals surface area (Å²) >= 11 is 0. The van der Waals surface area contributed by atoms with Crippen molar-refractivity contribution in [3.05, 3.63) is 47.3 Å². The van der Waals surface area contributed by atoms with Crippen LogP contribution < -0.4 is 0 Å². The van der Waals surface area contributed by atoms with Crippen molar-refractivity contribution in [2.75, 3.05) is 7.05 Å². The molecule has 0 saturated carbocycles. The molecule has 0 radical (unpaired) electrons. The first kappa shape index (κ1) is 14.2. The molecular formula is C13H14N4O2S. The topological polar surface area (TPSA) is 89.8 Å². The third-order valence-corrected chi connectivity index (χ3v) is 4.79. The quantitative estimate of drug-likeness (QED) is 0.921. The van der Waals surface area contributed by atoms with E-state index < -0.39 is 10.0 Å². The Hall–Kier alpha value is -2.17. The highest BCUT2D eigenvalue weighted by Gasteiger charge is 2.21. The van der Waals surface area contributed by atoms with E-state index in [-0.39, 0.29) is 11.4 Å². The van der Waals surface area contributed by atoms with Gasteiger partial charge in [-0.15, -0.1) is 0 Å². The average molecular weight is 290 g/mol. The van der Waals surface area contributed by atoms with Gasteiger partial charge in [-0.05, 0) is 30.7 Å². The predicted octanol–water partition coefficient (Wildman–Crippen LogP) is 1.41. The van der Waals surface area contributed by atoms with Crippen molar-refractivity contribution in [1.29, 1.82) is 5.26 Å². The summed E-state index contributed by atoms with van der Waals surface area (Å²) in [5.74, 6) is 0. The van der Waals surface area contributed by atoms with Crippen LogP contribution >= 0.6 is 0 Å². The lowest BCUT2D eigenvalue weighted by atomic mass is 10.1. The SMILES string of the molecule is Cc1cc(S(=O)(=O)N(C)Cc2cn[nH]c2)ccc1C#N. The van der Waals surface area contributed by atoms with Crippen LogP contribution in [0.4, 0.5) is 0 Å². The van der Waals surface area contributed by atoms with Gasteiger partial charge in [-0.2, -0.15) is 14.7 Å². The number of H-pyrrole nitrogens is 1. The Bertz CT molecular complexity index is 745. The first-order valence-corrected chi connectivity index (χ1v) is 7.34. The Kier molecular flexibility index (Phi) is 3.88. The summed E-state index contributed by atoms with van der Waals surface area (Å²) < 4.78 is 26.1. The van der Waals surface area contributed by atoms with E-state index in [2.05, 4.69) is 10.2 Å². The first-order valence-electron chi connectivity index (χ1n) is 5.90. The van der Waals surface area contributed by atoms with Gasteiger partial charge in [0.05, 0.1) is 22.7 Å². The van der Waals surface area contributed by atoms with Crippen molar-refractivity contribution >= 4 is 10.0 Å². The van der Waals surface area contributed by atoms with E-state index in [1.54, 1.807) is 19.3 Å². The smallest absolute Gasteiger partial charge is 0.243 e. The Morgan fingerprint density at radius 3 is 2.75 bits per heavy atom. The standard InChI is InChI=1S/C13H14N4O2S/c1-10-5-13(4-3-12(10)6-14)20(18,19)17(2)9-11-7-15-16-8-11/h3-5,7-8H,9H2,1-2H3,(H,15,16). The van der Waals surface area contributed by atoms with Gasteiger partial charge in [0.2, 0.25) is 10.0 Å². The van der Waals surface area contributed by atoms with Crippen molar-refractivity contribution in [3.8, 4) is 6.07 Å². The van der Waals surface area contributed by atoms with Crippen LogP contribution in [0.5, 0.6) is 0 Å². The van der Waals surface area contributed by atoms with E-state index in [0.717, 1.165) is 5.56 Å². The van der Waals surface area contributed by atoms with Gasteiger partial charge in [-0.1, -0.05) is 0 Å². The molecule has 0 bridgehead atoms. The number of nitriles is 1. The van der Waals surface area contributed by atoms with Gasteiger partial charge in [0.1, 0.15) is 0 Å². The minimum absolute atomic E-state index is 0.181. The van der Waals surface area contributed by atoms with Crippen LogP contribution in [-0.4, -0.2) is 30.0 Å². The number of aromatic nitrogens is 2. The number of nitrogens with zero attached hydrogens (tertiary/aromatic N) is 3. The van der Waals surface area contributed by atoms with Crippen molar-refractivity contribution in [2.24, 2.45) is 0 Å². The Morgan fingerprint density at radius 1 is 1.45 bits per heavy atom. The van der Waals surface area contributed by atoms with Crippen LogP contribution in [0, 0.1) is 18.3 Å². The second-order valence-electron chi connectivity index (χ2n) is 4.46. The summed E-state index contributed by atoms with van der Waals surface area (Å²) in [5, 5.41) is 15.3. The van der Waals surface area contributed by atoms with Gasteiger partial charge in [0, 0.05) is 25.4 Å². The molecule has 0 spiro atoms. The third-order valence-electron chi connectivity index (χ3n) is 2.99. The molecule has 0 aliphatic heterocycles. The van der Waals surface area contributed by atoms with Crippen molar-refractivity contribution in [3.63, 3.8) is 0 Å². The lowest BCUT2D eigenvalue weighted by molar-refractivity contribution is 0.467. The molecule has 104 valence electrons. The van der Waals surface area contributed by atoms with Gasteiger partial charge in [-0.25, -0.2) is 8.42 Å². The molecular weight excluding hydrogens is 276 g/mol. The van der Waals surface area contributed by atoms with Gasteiger partial charge >= 0.3 is 0 Å². The molecule has 1 heterocycles. The summed E-state index contributed by atoms with van der Waals surface area (Å²) in [7, 11) is -2.07. The second kappa shape index (κ2) is 5.45. The molecule has 0 aliphatic carbocycles. The fourth-order valence-corrected chi connectivity index (χ4v) is 3.05. The van der Waals surface area contributed by atoms with E-state index in [1.807, 2.05) is 6.07 Å². The van der Waals surface area contributed by atoms with E-state index in [4.69, 9.17) is 5.26 Å². The van der Waals surface area contributed by atoms with Gasteiger partial charge < -0.3 is 0 Å². The van der Waals surface area contributed by atoms with Crippen LogP contribution in [0.1, 0.15) is 16.7 Å². The molecule has 1 aromatic heterocycles. The van der Waals surface area contributed by atoms with Crippen LogP contribution in [-0.2, 0) is 16.6 Å². The van der Waals surface area contributed by atoms with E-state index >= 15 is 0 Å². The number of aryl methyl sites for hydroxylation is 1. The highest BCUT2D eigenvalue weighted by atomic mass is 32.2. The fraction of sp³-hybridized carbons (Fsp3) is 0.231. The molecule has 0 unspecified atom stereocenters. The van der Waals surface area contributed by atoms with Crippen molar-refractivity contribution in [1.82, 2.24) is 14.5 Å². The minimum atomic E-state index is -3.58. The Morgan fingerprint density at radius 2 is 2.20 bits per heavy atom. The molecule has 0 fully saturated rings. The molecule has 6 nitrogen and oxygen atoms in total. The zero-order valence-corrected chi connectivity index (χ0v) is 12.0. The molecule has 0 aliphatic rings. The maximum absolute atomic E-state index is 12.4. The van der Waals surface area contributed by atoms with Gasteiger partial charge in [0.25, 0.3) is 0 Å². The highest BCUT2D eigenvalue weighted by Crippen LogP contribution is 2.19. The number of rotatable bonds is 4. The summed E-state index contributed by atoms with van der Waals surface area (Å²) in [6, 6.07) is 6.51.